The Kier molecular flexibility index (Phi) is 5.83. The fourth-order valence-corrected chi connectivity index (χ4v) is 2.58. The van der Waals surface area contributed by atoms with Crippen LogP contribution in [0.15, 0.2) is 47.4 Å². The molecule has 2 nitrogen and oxygen atoms in total. The zero-order valence-electron chi connectivity index (χ0n) is 10.4. The summed E-state index contributed by atoms with van der Waals surface area (Å²) in [4.78, 5) is 12.5. The average Bonchev–Trinajstić information content (AvgIpc) is 2.43. The van der Waals surface area contributed by atoms with E-state index < -0.39 is 5.76 Å². The summed E-state index contributed by atoms with van der Waals surface area (Å²) in [6.07, 6.45) is 0. The van der Waals surface area contributed by atoms with Gasteiger partial charge in [-0.25, -0.2) is 0 Å². The van der Waals surface area contributed by atoms with Crippen LogP contribution in [-0.2, 0) is 0 Å². The number of thioether (sulfide) groups is 1. The van der Waals surface area contributed by atoms with E-state index in [4.69, 9.17) is 11.6 Å². The van der Waals surface area contributed by atoms with Crippen LogP contribution in [0.2, 0.25) is 5.02 Å². The van der Waals surface area contributed by atoms with Gasteiger partial charge in [0.05, 0.1) is 5.02 Å². The van der Waals surface area contributed by atoms with Crippen molar-refractivity contribution in [2.24, 2.45) is 0 Å². The third kappa shape index (κ3) is 4.82. The molecule has 2 aromatic carbocycles. The van der Waals surface area contributed by atoms with Crippen molar-refractivity contribution < 1.29 is 13.6 Å². The zero-order valence-corrected chi connectivity index (χ0v) is 14.2. The van der Waals surface area contributed by atoms with Crippen molar-refractivity contribution in [3.05, 3.63) is 56.6 Å². The van der Waals surface area contributed by atoms with Crippen LogP contribution < -0.4 is 5.32 Å². The first-order valence-electron chi connectivity index (χ1n) is 5.77. The summed E-state index contributed by atoms with van der Waals surface area (Å²) >= 11 is 8.50. The molecule has 0 aliphatic carbocycles. The third-order valence-electron chi connectivity index (χ3n) is 2.52. The third-order valence-corrected chi connectivity index (χ3v) is 4.81. The van der Waals surface area contributed by atoms with Crippen molar-refractivity contribution in [3.63, 3.8) is 0 Å². The first kappa shape index (κ1) is 16.5. The largest absolute Gasteiger partial charge is 0.322 e. The standard InChI is InChI=1S/C14H9ClF2INOS/c15-11-7-8(1-6-12(11)18)13(20)19-9-2-4-10(5-3-9)21-14(16)17/h1-7,14H,(H,19,20). The maximum Gasteiger partial charge on any atom is 0.288 e. The quantitative estimate of drug-likeness (QED) is 0.503. The second kappa shape index (κ2) is 7.42. The zero-order chi connectivity index (χ0) is 15.4. The summed E-state index contributed by atoms with van der Waals surface area (Å²) in [6.45, 7) is 0. The number of hydrogen-bond acceptors (Lipinski definition) is 2. The molecular weight excluding hydrogens is 431 g/mol. The number of amides is 1. The number of anilines is 1. The Labute approximate surface area is 143 Å². The monoisotopic (exact) mass is 439 g/mol. The lowest BCUT2D eigenvalue weighted by molar-refractivity contribution is 0.102. The Morgan fingerprint density at radius 2 is 1.86 bits per heavy atom. The molecule has 2 aromatic rings. The smallest absolute Gasteiger partial charge is 0.288 e. The van der Waals surface area contributed by atoms with Gasteiger partial charge in [-0.3, -0.25) is 4.79 Å². The molecule has 0 aromatic heterocycles. The predicted molar refractivity (Wildman–Crippen MR) is 90.4 cm³/mol. The van der Waals surface area contributed by atoms with Crippen LogP contribution in [0.5, 0.6) is 0 Å². The van der Waals surface area contributed by atoms with Crippen molar-refractivity contribution >= 4 is 57.5 Å². The van der Waals surface area contributed by atoms with Gasteiger partial charge < -0.3 is 5.32 Å². The van der Waals surface area contributed by atoms with Crippen LogP contribution in [0.25, 0.3) is 0 Å². The Bertz CT molecular complexity index is 652. The van der Waals surface area contributed by atoms with E-state index in [-0.39, 0.29) is 5.91 Å². The molecule has 0 unspecified atom stereocenters. The van der Waals surface area contributed by atoms with Crippen molar-refractivity contribution in [1.82, 2.24) is 0 Å². The van der Waals surface area contributed by atoms with Gasteiger partial charge in [-0.1, -0.05) is 23.4 Å². The van der Waals surface area contributed by atoms with Crippen molar-refractivity contribution in [3.8, 4) is 0 Å². The summed E-state index contributed by atoms with van der Waals surface area (Å²) in [6, 6.07) is 11.2. The molecule has 7 heteroatoms. The molecular formula is C14H9ClF2INOS. The number of alkyl halides is 2. The van der Waals surface area contributed by atoms with Crippen molar-refractivity contribution in [2.45, 2.75) is 10.7 Å². The fourth-order valence-electron chi connectivity index (χ4n) is 1.56. The minimum atomic E-state index is -2.46. The number of nitrogens with one attached hydrogen (secondary N) is 1. The highest BCUT2D eigenvalue weighted by Gasteiger charge is 2.09. The lowest BCUT2D eigenvalue weighted by Crippen LogP contribution is -2.11. The molecule has 2 rings (SSSR count). The first-order valence-corrected chi connectivity index (χ1v) is 8.10. The van der Waals surface area contributed by atoms with Crippen LogP contribution in [0.4, 0.5) is 14.5 Å². The molecule has 0 heterocycles. The van der Waals surface area contributed by atoms with Crippen LogP contribution in [0.1, 0.15) is 10.4 Å². The second-order valence-electron chi connectivity index (χ2n) is 3.99. The molecule has 1 N–H and O–H groups in total. The molecule has 1 amide bonds. The SMILES string of the molecule is O=C(Nc1ccc(SC(F)F)cc1)c1ccc(I)c(Cl)c1. The molecule has 0 saturated heterocycles. The van der Waals surface area contributed by atoms with Gasteiger partial charge in [0.25, 0.3) is 11.7 Å². The number of rotatable bonds is 4. The number of benzene rings is 2. The minimum absolute atomic E-state index is 0.303. The summed E-state index contributed by atoms with van der Waals surface area (Å²) < 4.78 is 25.3. The number of hydrogen-bond donors (Lipinski definition) is 1. The van der Waals surface area contributed by atoms with Gasteiger partial charge in [0.15, 0.2) is 0 Å². The molecule has 0 bridgehead atoms. The molecule has 0 saturated carbocycles. The topological polar surface area (TPSA) is 29.1 Å². The highest BCUT2D eigenvalue weighted by Crippen LogP contribution is 2.26. The van der Waals surface area contributed by atoms with E-state index in [2.05, 4.69) is 27.9 Å². The lowest BCUT2D eigenvalue weighted by atomic mass is 10.2. The Morgan fingerprint density at radius 1 is 1.19 bits per heavy atom. The van der Waals surface area contributed by atoms with E-state index in [0.717, 1.165) is 3.57 Å². The Hall–Kier alpha value is -0.860. The van der Waals surface area contributed by atoms with Crippen molar-refractivity contribution in [2.75, 3.05) is 5.32 Å². The van der Waals surface area contributed by atoms with Gasteiger partial charge in [0.1, 0.15) is 0 Å². The average molecular weight is 440 g/mol. The molecule has 0 fully saturated rings. The normalized spacial score (nSPS) is 10.7. The minimum Gasteiger partial charge on any atom is -0.322 e. The fraction of sp³-hybridized carbons (Fsp3) is 0.0714. The Balaban J connectivity index is 2.06. The van der Waals surface area contributed by atoms with Gasteiger partial charge in [-0.15, -0.1) is 0 Å². The molecule has 0 radical (unpaired) electrons. The predicted octanol–water partition coefficient (Wildman–Crippen LogP) is 5.51. The lowest BCUT2D eigenvalue weighted by Gasteiger charge is -2.07. The number of halogens is 4. The van der Waals surface area contributed by atoms with E-state index >= 15 is 0 Å². The van der Waals surface area contributed by atoms with Gasteiger partial charge in [0.2, 0.25) is 0 Å². The van der Waals surface area contributed by atoms with Crippen LogP contribution in [0, 0.1) is 3.57 Å². The van der Waals surface area contributed by atoms with Gasteiger partial charge in [-0.05, 0) is 65.1 Å². The highest BCUT2D eigenvalue weighted by molar-refractivity contribution is 14.1. The summed E-state index contributed by atoms with van der Waals surface area (Å²) in [5, 5.41) is 3.20. The van der Waals surface area contributed by atoms with Gasteiger partial charge in [0, 0.05) is 19.7 Å². The summed E-state index contributed by atoms with van der Waals surface area (Å²) in [7, 11) is 0. The summed E-state index contributed by atoms with van der Waals surface area (Å²) in [5.41, 5.74) is 0.972. The molecule has 0 aliphatic rings. The molecule has 0 spiro atoms. The Morgan fingerprint density at radius 3 is 2.43 bits per heavy atom. The van der Waals surface area contributed by atoms with E-state index in [1.54, 1.807) is 30.3 Å². The van der Waals surface area contributed by atoms with E-state index in [1.807, 2.05) is 0 Å². The molecule has 0 aliphatic heterocycles. The maximum absolute atomic E-state index is 12.2. The van der Waals surface area contributed by atoms with Gasteiger partial charge in [-0.2, -0.15) is 8.78 Å². The van der Waals surface area contributed by atoms with Crippen molar-refractivity contribution in [1.29, 1.82) is 0 Å². The summed E-state index contributed by atoms with van der Waals surface area (Å²) in [5.74, 6) is -2.76. The molecule has 110 valence electrons. The van der Waals surface area contributed by atoms with Gasteiger partial charge >= 0.3 is 0 Å². The van der Waals surface area contributed by atoms with Crippen LogP contribution in [0.3, 0.4) is 0 Å². The second-order valence-corrected chi connectivity index (χ2v) is 6.62. The van der Waals surface area contributed by atoms with Crippen LogP contribution >= 0.6 is 46.0 Å². The van der Waals surface area contributed by atoms with Crippen LogP contribution in [-0.4, -0.2) is 11.7 Å². The van der Waals surface area contributed by atoms with E-state index in [0.29, 0.717) is 32.9 Å². The highest BCUT2D eigenvalue weighted by atomic mass is 127. The molecule has 0 atom stereocenters. The van der Waals surface area contributed by atoms with E-state index in [9.17, 15) is 13.6 Å². The number of carbonyl (C=O) groups excluding carboxylic acids is 1. The molecule has 21 heavy (non-hydrogen) atoms. The maximum atomic E-state index is 12.2. The first-order chi connectivity index (χ1) is 9.95. The number of carbonyl (C=O) groups is 1. The van der Waals surface area contributed by atoms with E-state index in [1.165, 1.54) is 12.1 Å².